The van der Waals surface area contributed by atoms with E-state index >= 15 is 0 Å². The van der Waals surface area contributed by atoms with Crippen molar-refractivity contribution < 1.29 is 4.79 Å². The van der Waals surface area contributed by atoms with E-state index in [0.717, 1.165) is 0 Å². The number of hydrogen-bond acceptors (Lipinski definition) is 2. The Morgan fingerprint density at radius 2 is 2.00 bits per heavy atom. The van der Waals surface area contributed by atoms with Gasteiger partial charge in [0.05, 0.1) is 11.6 Å². The van der Waals surface area contributed by atoms with Crippen LogP contribution in [0.5, 0.6) is 0 Å². The summed E-state index contributed by atoms with van der Waals surface area (Å²) < 4.78 is 0. The fourth-order valence-electron chi connectivity index (χ4n) is 1.37. The highest BCUT2D eigenvalue weighted by molar-refractivity contribution is 6.17. The van der Waals surface area contributed by atoms with Crippen LogP contribution in [0.3, 0.4) is 0 Å². The first-order valence-electron chi connectivity index (χ1n) is 5.37. The highest BCUT2D eigenvalue weighted by Gasteiger charge is 2.20. The van der Waals surface area contributed by atoms with Gasteiger partial charge in [-0.3, -0.25) is 4.79 Å². The molecule has 1 aromatic carbocycles. The topological polar surface area (TPSA) is 52.9 Å². The third-order valence-electron chi connectivity index (χ3n) is 2.45. The lowest BCUT2D eigenvalue weighted by atomic mass is 10.0. The van der Waals surface area contributed by atoms with Gasteiger partial charge in [-0.05, 0) is 44.5 Å². The van der Waals surface area contributed by atoms with Gasteiger partial charge in [-0.15, -0.1) is 11.6 Å². The molecule has 0 saturated carbocycles. The van der Waals surface area contributed by atoms with Crippen LogP contribution in [0.1, 0.15) is 36.2 Å². The molecule has 0 unspecified atom stereocenters. The second-order valence-electron chi connectivity index (χ2n) is 4.47. The van der Waals surface area contributed by atoms with Crippen LogP contribution in [0.2, 0.25) is 0 Å². The molecule has 1 aromatic rings. The standard InChI is InChI=1S/C13H15ClN2O/c1-13(2,7-8-14)16-12(17)11-5-3-10(9-15)4-6-11/h3-6H,7-8H2,1-2H3,(H,16,17). The fraction of sp³-hybridized carbons (Fsp3) is 0.385. The molecule has 0 saturated heterocycles. The minimum absolute atomic E-state index is 0.149. The Hall–Kier alpha value is -1.53. The van der Waals surface area contributed by atoms with Crippen LogP contribution in [-0.4, -0.2) is 17.3 Å². The molecule has 0 aliphatic carbocycles. The predicted molar refractivity (Wildman–Crippen MR) is 68.0 cm³/mol. The lowest BCUT2D eigenvalue weighted by Gasteiger charge is -2.25. The van der Waals surface area contributed by atoms with E-state index in [1.165, 1.54) is 0 Å². The first-order valence-corrected chi connectivity index (χ1v) is 5.90. The number of nitriles is 1. The van der Waals surface area contributed by atoms with Crippen LogP contribution in [0.15, 0.2) is 24.3 Å². The van der Waals surface area contributed by atoms with E-state index in [-0.39, 0.29) is 11.4 Å². The van der Waals surface area contributed by atoms with Gasteiger partial charge in [0, 0.05) is 17.0 Å². The Kier molecular flexibility index (Phi) is 4.53. The molecule has 1 N–H and O–H groups in total. The van der Waals surface area contributed by atoms with Gasteiger partial charge in [0.25, 0.3) is 5.91 Å². The second-order valence-corrected chi connectivity index (χ2v) is 4.84. The van der Waals surface area contributed by atoms with Crippen molar-refractivity contribution in [2.75, 3.05) is 5.88 Å². The summed E-state index contributed by atoms with van der Waals surface area (Å²) in [6.45, 7) is 3.86. The number of rotatable bonds is 4. The number of benzene rings is 1. The number of halogens is 1. The molecule has 0 spiro atoms. The zero-order valence-electron chi connectivity index (χ0n) is 9.96. The van der Waals surface area contributed by atoms with E-state index in [2.05, 4.69) is 5.32 Å². The van der Waals surface area contributed by atoms with Gasteiger partial charge in [0.15, 0.2) is 0 Å². The van der Waals surface area contributed by atoms with Gasteiger partial charge in [0.1, 0.15) is 0 Å². The predicted octanol–water partition coefficient (Wildman–Crippen LogP) is 2.70. The van der Waals surface area contributed by atoms with Crippen molar-refractivity contribution in [2.45, 2.75) is 25.8 Å². The maximum atomic E-state index is 11.9. The molecule has 0 aliphatic rings. The first-order chi connectivity index (χ1) is 7.98. The summed E-state index contributed by atoms with van der Waals surface area (Å²) in [4.78, 5) is 11.9. The van der Waals surface area contributed by atoms with Crippen molar-refractivity contribution in [3.05, 3.63) is 35.4 Å². The van der Waals surface area contributed by atoms with Gasteiger partial charge in [-0.1, -0.05) is 0 Å². The maximum Gasteiger partial charge on any atom is 0.251 e. The molecule has 90 valence electrons. The average molecular weight is 251 g/mol. The van der Waals surface area contributed by atoms with Gasteiger partial charge in [-0.2, -0.15) is 5.26 Å². The first kappa shape index (κ1) is 13.5. The van der Waals surface area contributed by atoms with Crippen LogP contribution in [-0.2, 0) is 0 Å². The summed E-state index contributed by atoms with van der Waals surface area (Å²) in [7, 11) is 0. The third kappa shape index (κ3) is 4.08. The van der Waals surface area contributed by atoms with Crippen LogP contribution in [0.4, 0.5) is 0 Å². The zero-order valence-corrected chi connectivity index (χ0v) is 10.7. The van der Waals surface area contributed by atoms with E-state index < -0.39 is 0 Å². The van der Waals surface area contributed by atoms with E-state index in [0.29, 0.717) is 23.4 Å². The molecule has 4 heteroatoms. The molecule has 3 nitrogen and oxygen atoms in total. The molecule has 0 aromatic heterocycles. The van der Waals surface area contributed by atoms with E-state index in [1.807, 2.05) is 19.9 Å². The molecular weight excluding hydrogens is 236 g/mol. The molecular formula is C13H15ClN2O. The molecule has 0 bridgehead atoms. The van der Waals surface area contributed by atoms with Crippen LogP contribution >= 0.6 is 11.6 Å². The minimum Gasteiger partial charge on any atom is -0.347 e. The SMILES string of the molecule is CC(C)(CCCl)NC(=O)c1ccc(C#N)cc1. The van der Waals surface area contributed by atoms with Crippen molar-refractivity contribution in [1.29, 1.82) is 5.26 Å². The lowest BCUT2D eigenvalue weighted by Crippen LogP contribution is -2.43. The Morgan fingerprint density at radius 1 is 1.41 bits per heavy atom. The van der Waals surface area contributed by atoms with Gasteiger partial charge >= 0.3 is 0 Å². The quantitative estimate of drug-likeness (QED) is 0.836. The molecule has 1 amide bonds. The van der Waals surface area contributed by atoms with E-state index in [1.54, 1.807) is 24.3 Å². The van der Waals surface area contributed by atoms with E-state index in [9.17, 15) is 4.79 Å². The van der Waals surface area contributed by atoms with Crippen molar-refractivity contribution in [3.8, 4) is 6.07 Å². The molecule has 17 heavy (non-hydrogen) atoms. The van der Waals surface area contributed by atoms with E-state index in [4.69, 9.17) is 16.9 Å². The summed E-state index contributed by atoms with van der Waals surface area (Å²) in [5.74, 6) is 0.352. The largest absolute Gasteiger partial charge is 0.347 e. The van der Waals surface area contributed by atoms with Crippen molar-refractivity contribution in [1.82, 2.24) is 5.32 Å². The van der Waals surface area contributed by atoms with Crippen LogP contribution < -0.4 is 5.32 Å². The number of carbonyl (C=O) groups excluding carboxylic acids is 1. The van der Waals surface area contributed by atoms with Crippen LogP contribution in [0.25, 0.3) is 0 Å². The van der Waals surface area contributed by atoms with Gasteiger partial charge in [-0.25, -0.2) is 0 Å². The number of amides is 1. The number of alkyl halides is 1. The second kappa shape index (κ2) is 5.70. The van der Waals surface area contributed by atoms with Crippen molar-refractivity contribution in [2.24, 2.45) is 0 Å². The molecule has 1 rings (SSSR count). The fourth-order valence-corrected chi connectivity index (χ4v) is 1.85. The summed E-state index contributed by atoms with van der Waals surface area (Å²) in [5, 5.41) is 11.6. The third-order valence-corrected chi connectivity index (χ3v) is 2.64. The smallest absolute Gasteiger partial charge is 0.251 e. The number of hydrogen-bond donors (Lipinski definition) is 1. The molecule has 0 radical (unpaired) electrons. The summed E-state index contributed by atoms with van der Waals surface area (Å²) >= 11 is 5.67. The average Bonchev–Trinajstić information content (AvgIpc) is 2.28. The molecule has 0 atom stereocenters. The Morgan fingerprint density at radius 3 is 2.47 bits per heavy atom. The normalized spacial score (nSPS) is 10.7. The lowest BCUT2D eigenvalue weighted by molar-refractivity contribution is 0.0911. The van der Waals surface area contributed by atoms with Crippen molar-refractivity contribution in [3.63, 3.8) is 0 Å². The summed E-state index contributed by atoms with van der Waals surface area (Å²) in [5.41, 5.74) is 0.764. The molecule has 0 heterocycles. The van der Waals surface area contributed by atoms with Crippen LogP contribution in [0, 0.1) is 11.3 Å². The Balaban J connectivity index is 2.73. The highest BCUT2D eigenvalue weighted by atomic mass is 35.5. The monoisotopic (exact) mass is 250 g/mol. The number of carbonyl (C=O) groups is 1. The number of nitrogens with zero attached hydrogens (tertiary/aromatic N) is 1. The summed E-state index contributed by atoms with van der Waals surface area (Å²) in [6, 6.07) is 8.56. The van der Waals surface area contributed by atoms with Crippen molar-refractivity contribution >= 4 is 17.5 Å². The summed E-state index contributed by atoms with van der Waals surface area (Å²) in [6.07, 6.45) is 0.705. The Bertz CT molecular complexity index is 432. The minimum atomic E-state index is -0.327. The molecule has 0 fully saturated rings. The highest BCUT2D eigenvalue weighted by Crippen LogP contribution is 2.11. The zero-order chi connectivity index (χ0) is 12.9. The van der Waals surface area contributed by atoms with Gasteiger partial charge in [0.2, 0.25) is 0 Å². The molecule has 0 aliphatic heterocycles. The number of nitrogens with one attached hydrogen (secondary N) is 1. The Labute approximate surface area is 106 Å². The maximum absolute atomic E-state index is 11.9. The van der Waals surface area contributed by atoms with Gasteiger partial charge < -0.3 is 5.32 Å².